The summed E-state index contributed by atoms with van der Waals surface area (Å²) in [7, 11) is 1.42. The molecule has 0 heterocycles. The van der Waals surface area contributed by atoms with Gasteiger partial charge in [0.15, 0.2) is 0 Å². The number of rotatable bonds is 7. The molecule has 0 aliphatic rings. The fourth-order valence-electron chi connectivity index (χ4n) is 2.91. The summed E-state index contributed by atoms with van der Waals surface area (Å²) in [6.45, 7) is 2.09. The molecule has 2 rings (SSSR count). The average molecular weight is 312 g/mol. The Kier molecular flexibility index (Phi) is 6.36. The van der Waals surface area contributed by atoms with Crippen LogP contribution in [0.5, 0.6) is 0 Å². The fourth-order valence-corrected chi connectivity index (χ4v) is 2.91. The van der Waals surface area contributed by atoms with Crippen LogP contribution in [0, 0.1) is 6.92 Å². The molecule has 3 nitrogen and oxygen atoms in total. The summed E-state index contributed by atoms with van der Waals surface area (Å²) in [5, 5.41) is 9.69. The molecule has 0 aromatic heterocycles. The Balaban J connectivity index is 2.13. The highest BCUT2D eigenvalue weighted by molar-refractivity contribution is 5.78. The SMILES string of the molecule is COC(=O)C(CCC(CO)c1ccccc1)c1cccc(C)c1. The number of hydrogen-bond donors (Lipinski definition) is 1. The van der Waals surface area contributed by atoms with Crippen LogP contribution < -0.4 is 0 Å². The molecule has 0 radical (unpaired) electrons. The van der Waals surface area contributed by atoms with E-state index in [0.717, 1.165) is 23.1 Å². The van der Waals surface area contributed by atoms with Crippen LogP contribution in [0.15, 0.2) is 54.6 Å². The number of aliphatic hydroxyl groups excluding tert-OH is 1. The first-order valence-corrected chi connectivity index (χ1v) is 7.96. The van der Waals surface area contributed by atoms with Gasteiger partial charge in [-0.05, 0) is 30.9 Å². The Bertz CT molecular complexity index is 622. The van der Waals surface area contributed by atoms with Crippen LogP contribution in [0.3, 0.4) is 0 Å². The average Bonchev–Trinajstić information content (AvgIpc) is 2.59. The zero-order valence-electron chi connectivity index (χ0n) is 13.7. The molecule has 0 amide bonds. The molecule has 23 heavy (non-hydrogen) atoms. The standard InChI is InChI=1S/C20H24O3/c1-15-7-6-10-17(13-15)19(20(22)23-2)12-11-18(14-21)16-8-4-3-5-9-16/h3-10,13,18-19,21H,11-12,14H2,1-2H3. The molecule has 0 bridgehead atoms. The summed E-state index contributed by atoms with van der Waals surface area (Å²) in [5.74, 6) is -0.480. The quantitative estimate of drug-likeness (QED) is 0.791. The third-order valence-electron chi connectivity index (χ3n) is 4.23. The van der Waals surface area contributed by atoms with E-state index in [9.17, 15) is 9.90 Å². The minimum absolute atomic E-state index is 0.0353. The maximum atomic E-state index is 12.2. The van der Waals surface area contributed by atoms with Crippen molar-refractivity contribution in [3.63, 3.8) is 0 Å². The van der Waals surface area contributed by atoms with E-state index in [2.05, 4.69) is 0 Å². The molecule has 122 valence electrons. The molecule has 2 aromatic carbocycles. The van der Waals surface area contributed by atoms with Crippen molar-refractivity contribution in [3.05, 3.63) is 71.3 Å². The van der Waals surface area contributed by atoms with Crippen molar-refractivity contribution < 1.29 is 14.6 Å². The maximum absolute atomic E-state index is 12.2. The molecular weight excluding hydrogens is 288 g/mol. The Morgan fingerprint density at radius 2 is 1.74 bits per heavy atom. The molecule has 0 aliphatic heterocycles. The molecule has 2 atom stereocenters. The monoisotopic (exact) mass is 312 g/mol. The number of aliphatic hydroxyl groups is 1. The minimum atomic E-state index is -0.294. The van der Waals surface area contributed by atoms with Gasteiger partial charge in [-0.2, -0.15) is 0 Å². The van der Waals surface area contributed by atoms with Crippen LogP contribution in [0.2, 0.25) is 0 Å². The number of carbonyl (C=O) groups excluding carboxylic acids is 1. The molecule has 0 saturated heterocycles. The number of methoxy groups -OCH3 is 1. The molecule has 0 saturated carbocycles. The van der Waals surface area contributed by atoms with Gasteiger partial charge in [-0.3, -0.25) is 4.79 Å². The van der Waals surface area contributed by atoms with E-state index in [0.29, 0.717) is 6.42 Å². The van der Waals surface area contributed by atoms with Crippen molar-refractivity contribution in [2.24, 2.45) is 0 Å². The van der Waals surface area contributed by atoms with Crippen molar-refractivity contribution in [2.75, 3.05) is 13.7 Å². The van der Waals surface area contributed by atoms with E-state index in [-0.39, 0.29) is 24.4 Å². The predicted octanol–water partition coefficient (Wildman–Crippen LogP) is 3.81. The lowest BCUT2D eigenvalue weighted by molar-refractivity contribution is -0.142. The lowest BCUT2D eigenvalue weighted by Gasteiger charge is -2.19. The topological polar surface area (TPSA) is 46.5 Å². The molecule has 2 unspecified atom stereocenters. The molecule has 1 N–H and O–H groups in total. The number of ether oxygens (including phenoxy) is 1. The third-order valence-corrected chi connectivity index (χ3v) is 4.23. The van der Waals surface area contributed by atoms with E-state index in [4.69, 9.17) is 4.74 Å². The summed E-state index contributed by atoms with van der Waals surface area (Å²) in [4.78, 5) is 12.2. The molecule has 0 fully saturated rings. The van der Waals surface area contributed by atoms with Crippen LogP contribution in [0.1, 0.15) is 41.4 Å². The molecule has 2 aromatic rings. The van der Waals surface area contributed by atoms with Gasteiger partial charge in [0.05, 0.1) is 13.0 Å². The van der Waals surface area contributed by atoms with E-state index < -0.39 is 0 Å². The summed E-state index contributed by atoms with van der Waals surface area (Å²) in [6, 6.07) is 17.9. The second kappa shape index (κ2) is 8.49. The first-order chi connectivity index (χ1) is 11.2. The van der Waals surface area contributed by atoms with E-state index in [1.165, 1.54) is 7.11 Å². The lowest BCUT2D eigenvalue weighted by atomic mass is 9.87. The van der Waals surface area contributed by atoms with Gasteiger partial charge in [-0.1, -0.05) is 60.2 Å². The summed E-state index contributed by atoms with van der Waals surface area (Å²) >= 11 is 0. The number of hydrogen-bond acceptors (Lipinski definition) is 3. The van der Waals surface area contributed by atoms with Crippen molar-refractivity contribution in [1.29, 1.82) is 0 Å². The van der Waals surface area contributed by atoms with Crippen LogP contribution in [0.25, 0.3) is 0 Å². The van der Waals surface area contributed by atoms with Gasteiger partial charge in [-0.25, -0.2) is 0 Å². The van der Waals surface area contributed by atoms with E-state index in [1.54, 1.807) is 0 Å². The fraction of sp³-hybridized carbons (Fsp3) is 0.350. The Labute approximate surface area is 137 Å². The minimum Gasteiger partial charge on any atom is -0.469 e. The molecule has 0 aliphatic carbocycles. The van der Waals surface area contributed by atoms with Crippen LogP contribution in [0.4, 0.5) is 0 Å². The highest BCUT2D eigenvalue weighted by atomic mass is 16.5. The van der Waals surface area contributed by atoms with Gasteiger partial charge in [0.2, 0.25) is 0 Å². The van der Waals surface area contributed by atoms with Crippen molar-refractivity contribution in [1.82, 2.24) is 0 Å². The van der Waals surface area contributed by atoms with Gasteiger partial charge >= 0.3 is 5.97 Å². The van der Waals surface area contributed by atoms with Gasteiger partial charge in [0, 0.05) is 12.5 Å². The first-order valence-electron chi connectivity index (χ1n) is 7.96. The summed E-state index contributed by atoms with van der Waals surface area (Å²) in [6.07, 6.45) is 1.38. The summed E-state index contributed by atoms with van der Waals surface area (Å²) in [5.41, 5.74) is 3.20. The molecule has 0 spiro atoms. The van der Waals surface area contributed by atoms with Crippen molar-refractivity contribution >= 4 is 5.97 Å². The largest absolute Gasteiger partial charge is 0.469 e. The van der Waals surface area contributed by atoms with Crippen molar-refractivity contribution in [2.45, 2.75) is 31.6 Å². The summed E-state index contributed by atoms with van der Waals surface area (Å²) < 4.78 is 4.98. The smallest absolute Gasteiger partial charge is 0.313 e. The van der Waals surface area contributed by atoms with Crippen LogP contribution >= 0.6 is 0 Å². The second-order valence-corrected chi connectivity index (χ2v) is 5.86. The van der Waals surface area contributed by atoms with E-state index in [1.807, 2.05) is 61.5 Å². The Morgan fingerprint density at radius 1 is 1.04 bits per heavy atom. The van der Waals surface area contributed by atoms with Gasteiger partial charge in [-0.15, -0.1) is 0 Å². The zero-order chi connectivity index (χ0) is 16.7. The third kappa shape index (κ3) is 4.67. The Hall–Kier alpha value is -2.13. The number of aryl methyl sites for hydroxylation is 1. The van der Waals surface area contributed by atoms with Gasteiger partial charge < -0.3 is 9.84 Å². The molecule has 3 heteroatoms. The molecular formula is C20H24O3. The first kappa shape index (κ1) is 17.2. The van der Waals surface area contributed by atoms with Gasteiger partial charge in [0.1, 0.15) is 0 Å². The maximum Gasteiger partial charge on any atom is 0.313 e. The second-order valence-electron chi connectivity index (χ2n) is 5.86. The van der Waals surface area contributed by atoms with E-state index >= 15 is 0 Å². The number of carbonyl (C=O) groups is 1. The van der Waals surface area contributed by atoms with Gasteiger partial charge in [0.25, 0.3) is 0 Å². The number of esters is 1. The van der Waals surface area contributed by atoms with Crippen LogP contribution in [-0.4, -0.2) is 24.8 Å². The normalized spacial score (nSPS) is 13.3. The predicted molar refractivity (Wildman–Crippen MR) is 91.4 cm³/mol. The Morgan fingerprint density at radius 3 is 2.35 bits per heavy atom. The highest BCUT2D eigenvalue weighted by Crippen LogP contribution is 2.29. The highest BCUT2D eigenvalue weighted by Gasteiger charge is 2.23. The van der Waals surface area contributed by atoms with Crippen molar-refractivity contribution in [3.8, 4) is 0 Å². The number of benzene rings is 2. The zero-order valence-corrected chi connectivity index (χ0v) is 13.7. The van der Waals surface area contributed by atoms with Crippen LogP contribution in [-0.2, 0) is 9.53 Å². The lowest BCUT2D eigenvalue weighted by Crippen LogP contribution is -2.16.